The van der Waals surface area contributed by atoms with Crippen LogP contribution in [0.15, 0.2) is 176 Å². The van der Waals surface area contributed by atoms with Crippen molar-refractivity contribution < 1.29 is 2.74 Å². The molecule has 1 heteroatoms. The molecular weight excluding hydrogens is 903 g/mol. The van der Waals surface area contributed by atoms with E-state index in [2.05, 4.69) is 195 Å². The summed E-state index contributed by atoms with van der Waals surface area (Å²) in [4.78, 5) is 2.59. The topological polar surface area (TPSA) is 3.24 Å². The predicted octanol–water partition coefficient (Wildman–Crippen LogP) is 20.7. The third-order valence-electron chi connectivity index (χ3n) is 21.0. The summed E-state index contributed by atoms with van der Waals surface area (Å²) in [7, 11) is 0. The number of anilines is 3. The molecule has 0 aliphatic heterocycles. The van der Waals surface area contributed by atoms with Crippen LogP contribution in [0, 0.1) is 10.8 Å². The van der Waals surface area contributed by atoms with E-state index in [0.29, 0.717) is 10.8 Å². The first-order valence-electron chi connectivity index (χ1n) is 30.3. The lowest BCUT2D eigenvalue weighted by Gasteiger charge is -2.43. The lowest BCUT2D eigenvalue weighted by atomic mass is 9.62. The lowest BCUT2D eigenvalue weighted by Crippen LogP contribution is -2.30. The van der Waals surface area contributed by atoms with Crippen LogP contribution in [0.25, 0.3) is 44.5 Å². The largest absolute Gasteiger partial charge is 0.309 e. The van der Waals surface area contributed by atoms with Crippen molar-refractivity contribution in [1.29, 1.82) is 0 Å². The van der Waals surface area contributed by atoms with Gasteiger partial charge in [-0.05, 0) is 202 Å². The summed E-state index contributed by atoms with van der Waals surface area (Å²) in [5.41, 5.74) is 23.9. The third kappa shape index (κ3) is 7.01. The quantitative estimate of drug-likeness (QED) is 0.160. The van der Waals surface area contributed by atoms with Crippen molar-refractivity contribution in [3.8, 4) is 44.5 Å². The van der Waals surface area contributed by atoms with Crippen molar-refractivity contribution in [3.05, 3.63) is 220 Å². The van der Waals surface area contributed by atoms with E-state index < -0.39 is 17.2 Å². The first kappa shape index (κ1) is 43.8. The summed E-state index contributed by atoms with van der Waals surface area (Å²) < 4.78 is 21.0. The van der Waals surface area contributed by atoms with Crippen LogP contribution in [-0.2, 0) is 10.8 Å². The second-order valence-corrected chi connectivity index (χ2v) is 25.0. The smallest absolute Gasteiger partial charge is 0.0726 e. The van der Waals surface area contributed by atoms with Crippen LogP contribution in [-0.4, -0.2) is 0 Å². The van der Waals surface area contributed by atoms with Gasteiger partial charge in [0.05, 0.1) is 16.8 Å². The summed E-state index contributed by atoms with van der Waals surface area (Å²) in [5.74, 6) is -1.27. The van der Waals surface area contributed by atoms with Crippen molar-refractivity contribution in [3.63, 3.8) is 0 Å². The van der Waals surface area contributed by atoms with Crippen molar-refractivity contribution in [2.24, 2.45) is 10.8 Å². The van der Waals surface area contributed by atoms with E-state index in [9.17, 15) is 2.74 Å². The number of hydrogen-bond donors (Lipinski definition) is 0. The van der Waals surface area contributed by atoms with E-state index in [4.69, 9.17) is 0 Å². The number of fused-ring (bicyclic) bond motifs is 13. The van der Waals surface area contributed by atoms with Gasteiger partial charge in [-0.25, -0.2) is 0 Å². The van der Waals surface area contributed by atoms with Gasteiger partial charge in [-0.3, -0.25) is 0 Å². The van der Waals surface area contributed by atoms with Gasteiger partial charge in [0.2, 0.25) is 0 Å². The molecule has 0 unspecified atom stereocenters. The fraction of sp³-hybridized carbons (Fsp3) is 0.351. The molecule has 0 N–H and O–H groups in total. The molecule has 0 aromatic heterocycles. The van der Waals surface area contributed by atoms with Gasteiger partial charge in [-0.15, -0.1) is 0 Å². The first-order valence-corrected chi connectivity index (χ1v) is 29.3. The highest BCUT2D eigenvalue weighted by Crippen LogP contribution is 2.66. The molecule has 0 heterocycles. The van der Waals surface area contributed by atoms with Gasteiger partial charge in [0.25, 0.3) is 0 Å². The maximum absolute atomic E-state index is 10.5. The number of benzene rings is 8. The number of para-hydroxylation sites is 1. The van der Waals surface area contributed by atoms with Crippen molar-refractivity contribution in [2.45, 2.75) is 152 Å². The Morgan fingerprint density at radius 3 is 1.48 bits per heavy atom. The highest BCUT2D eigenvalue weighted by Gasteiger charge is 2.53. The standard InChI is InChI=1S/C74H73N/c1-71(2)62-24-11-8-22-57(62)58-34-31-55(49-65(58)71)75(68-27-13-10-21-56(68)52-19-6-3-7-20-52)69-28-18-26-64-70(69)61-23-9-12-25-63(61)74(64)66-47-53(50-35-43-72(44-36-50)39-14-4-15-40-72)29-32-59(66)60-33-30-54(48-67(60)74)51-37-45-73(46-38-51)41-16-5-17-42-73/h3,6-13,18-34,47-51H,4-5,14-17,35-46H2,1-2H3/i50D,51D. The molecule has 7 aliphatic carbocycles. The Bertz CT molecular complexity index is 3530. The van der Waals surface area contributed by atoms with Crippen molar-refractivity contribution >= 4 is 17.1 Å². The van der Waals surface area contributed by atoms with Crippen molar-refractivity contribution in [2.75, 3.05) is 4.90 Å². The molecule has 7 aliphatic rings. The molecule has 374 valence electrons. The summed E-state index contributed by atoms with van der Waals surface area (Å²) in [6.45, 7) is 4.79. The predicted molar refractivity (Wildman–Crippen MR) is 314 cm³/mol. The zero-order valence-corrected chi connectivity index (χ0v) is 44.4. The normalized spacial score (nSPS) is 24.1. The number of rotatable bonds is 6. The Hall–Kier alpha value is -6.44. The highest BCUT2D eigenvalue weighted by molar-refractivity contribution is 6.03. The van der Waals surface area contributed by atoms with E-state index in [1.165, 1.54) is 153 Å². The minimum Gasteiger partial charge on any atom is -0.309 e. The summed E-state index contributed by atoms with van der Waals surface area (Å²) in [6.07, 6.45) is 21.8. The molecule has 0 saturated heterocycles. The molecular formula is C74H73N. The summed E-state index contributed by atoms with van der Waals surface area (Å²) in [5, 5.41) is 0. The van der Waals surface area contributed by atoms with E-state index >= 15 is 0 Å². The maximum Gasteiger partial charge on any atom is 0.0726 e. The monoisotopic (exact) mass is 978 g/mol. The molecule has 4 fully saturated rings. The molecule has 8 aromatic rings. The van der Waals surface area contributed by atoms with E-state index in [1.54, 1.807) is 0 Å². The van der Waals surface area contributed by atoms with Gasteiger partial charge in [0.15, 0.2) is 0 Å². The fourth-order valence-electron chi connectivity index (χ4n) is 17.0. The maximum atomic E-state index is 10.5. The van der Waals surface area contributed by atoms with Gasteiger partial charge in [0, 0.05) is 25.0 Å². The van der Waals surface area contributed by atoms with Crippen LogP contribution >= 0.6 is 0 Å². The van der Waals surface area contributed by atoms with Crippen LogP contribution in [0.2, 0.25) is 0 Å². The van der Waals surface area contributed by atoms with Gasteiger partial charge < -0.3 is 4.90 Å². The Labute approximate surface area is 450 Å². The first-order chi connectivity index (χ1) is 37.5. The summed E-state index contributed by atoms with van der Waals surface area (Å²) >= 11 is 0. The van der Waals surface area contributed by atoms with Crippen LogP contribution < -0.4 is 4.90 Å². The number of hydrogen-bond acceptors (Lipinski definition) is 1. The Morgan fingerprint density at radius 1 is 0.373 bits per heavy atom. The second-order valence-electron chi connectivity index (χ2n) is 25.0. The molecule has 0 amide bonds. The van der Waals surface area contributed by atoms with Crippen LogP contribution in [0.5, 0.6) is 0 Å². The van der Waals surface area contributed by atoms with Gasteiger partial charge in [-0.1, -0.05) is 204 Å². The van der Waals surface area contributed by atoms with Gasteiger partial charge in [-0.2, -0.15) is 0 Å². The lowest BCUT2D eigenvalue weighted by molar-refractivity contribution is 0.114. The zero-order chi connectivity index (χ0) is 51.8. The van der Waals surface area contributed by atoms with Crippen LogP contribution in [0.1, 0.15) is 188 Å². The molecule has 8 aromatic carbocycles. The molecule has 15 rings (SSSR count). The minimum atomic E-state index is -0.657. The average Bonchev–Trinajstić information content (AvgIpc) is 4.08. The second kappa shape index (κ2) is 17.6. The molecule has 0 atom stereocenters. The molecule has 75 heavy (non-hydrogen) atoms. The third-order valence-corrected chi connectivity index (χ3v) is 21.0. The SMILES string of the molecule is [2H]C1(c2ccc3c(c2)C2(c4cc(C5([2H])CCC6(CCCCC6)CC5)ccc4-3)c3ccccc3-c3c(N(c4ccc5c(c4)C(C)(C)c4ccccc4-5)c4ccccc4-c4ccccc4)cccc32)CCC2(CCCCC2)CC1. The van der Waals surface area contributed by atoms with Gasteiger partial charge in [0.1, 0.15) is 0 Å². The Morgan fingerprint density at radius 2 is 0.853 bits per heavy atom. The number of nitrogens with zero attached hydrogens (tertiary/aromatic N) is 1. The molecule has 1 nitrogen and oxygen atoms in total. The zero-order valence-electron chi connectivity index (χ0n) is 46.4. The van der Waals surface area contributed by atoms with E-state index in [0.717, 1.165) is 68.4 Å². The van der Waals surface area contributed by atoms with E-state index in [1.807, 2.05) is 0 Å². The summed E-state index contributed by atoms with van der Waals surface area (Å²) in [6, 6.07) is 67.4. The van der Waals surface area contributed by atoms with Crippen LogP contribution in [0.4, 0.5) is 17.1 Å². The van der Waals surface area contributed by atoms with Crippen molar-refractivity contribution in [1.82, 2.24) is 0 Å². The molecule has 3 spiro atoms. The molecule has 0 radical (unpaired) electrons. The van der Waals surface area contributed by atoms with Crippen LogP contribution in [0.3, 0.4) is 0 Å². The van der Waals surface area contributed by atoms with E-state index in [-0.39, 0.29) is 5.41 Å². The Kier molecular flexibility index (Phi) is 10.2. The van der Waals surface area contributed by atoms with Gasteiger partial charge >= 0.3 is 0 Å². The highest BCUT2D eigenvalue weighted by atomic mass is 15.1. The Balaban J connectivity index is 0.959. The fourth-order valence-corrected chi connectivity index (χ4v) is 17.0. The average molecular weight is 978 g/mol. The minimum absolute atomic E-state index is 0.177. The molecule has 0 bridgehead atoms. The molecule has 4 saturated carbocycles.